The first-order valence-corrected chi connectivity index (χ1v) is 11.6. The van der Waals surface area contributed by atoms with Gasteiger partial charge in [-0.1, -0.05) is 77.8 Å². The van der Waals surface area contributed by atoms with E-state index in [-0.39, 0.29) is 0 Å². The van der Waals surface area contributed by atoms with Gasteiger partial charge in [-0.05, 0) is 61.6 Å². The molecule has 2 nitrogen and oxygen atoms in total. The summed E-state index contributed by atoms with van der Waals surface area (Å²) >= 11 is 12.6. The van der Waals surface area contributed by atoms with Crippen LogP contribution in [0.4, 0.5) is 0 Å². The summed E-state index contributed by atoms with van der Waals surface area (Å²) in [4.78, 5) is 0. The molecule has 1 unspecified atom stereocenters. The number of nitrogens with zero attached hydrogens (tertiary/aromatic N) is 1. The third-order valence-electron chi connectivity index (χ3n) is 6.04. The Kier molecular flexibility index (Phi) is 7.02. The molecule has 4 heteroatoms. The second-order valence-electron chi connectivity index (χ2n) is 8.21. The van der Waals surface area contributed by atoms with Gasteiger partial charge in [-0.15, -0.1) is 0 Å². The number of aryl methyl sites for hydroxylation is 1. The first kappa shape index (κ1) is 22.0. The second kappa shape index (κ2) is 9.91. The van der Waals surface area contributed by atoms with Crippen LogP contribution >= 0.6 is 23.2 Å². The Hall–Kier alpha value is -2.26. The van der Waals surface area contributed by atoms with Crippen LogP contribution < -0.4 is 5.32 Å². The number of para-hydroxylation sites is 1. The molecule has 0 spiro atoms. The van der Waals surface area contributed by atoms with E-state index in [2.05, 4.69) is 78.3 Å². The number of hydrogen-bond acceptors (Lipinski definition) is 1. The monoisotopic (exact) mass is 450 g/mol. The zero-order valence-corrected chi connectivity index (χ0v) is 19.5. The predicted octanol–water partition coefficient (Wildman–Crippen LogP) is 7.42. The van der Waals surface area contributed by atoms with Gasteiger partial charge >= 0.3 is 0 Å². The van der Waals surface area contributed by atoms with Crippen molar-refractivity contribution >= 4 is 34.1 Å². The van der Waals surface area contributed by atoms with Crippen LogP contribution in [0.15, 0.2) is 72.8 Å². The summed E-state index contributed by atoms with van der Waals surface area (Å²) in [6.45, 7) is 6.05. The van der Waals surface area contributed by atoms with E-state index in [1.807, 2.05) is 18.2 Å². The Labute approximate surface area is 194 Å². The van der Waals surface area contributed by atoms with Crippen LogP contribution in [-0.2, 0) is 19.5 Å². The fraction of sp³-hybridized carbons (Fsp3) is 0.259. The molecule has 1 heterocycles. The molecule has 0 aliphatic rings. The molecule has 1 atom stereocenters. The van der Waals surface area contributed by atoms with Crippen LogP contribution in [0.2, 0.25) is 10.0 Å². The number of halogens is 2. The van der Waals surface area contributed by atoms with Crippen LogP contribution in [-0.4, -0.2) is 10.6 Å². The van der Waals surface area contributed by atoms with Crippen molar-refractivity contribution in [2.75, 3.05) is 0 Å². The van der Waals surface area contributed by atoms with Gasteiger partial charge in [-0.2, -0.15) is 0 Å². The topological polar surface area (TPSA) is 17.0 Å². The molecule has 0 bridgehead atoms. The first-order chi connectivity index (χ1) is 15.0. The lowest BCUT2D eigenvalue weighted by Gasteiger charge is -2.15. The maximum Gasteiger partial charge on any atom is 0.0493 e. The van der Waals surface area contributed by atoms with E-state index in [1.54, 1.807) is 0 Å². The molecule has 1 aromatic heterocycles. The van der Waals surface area contributed by atoms with E-state index in [9.17, 15) is 0 Å². The van der Waals surface area contributed by atoms with Crippen LogP contribution in [0.25, 0.3) is 10.9 Å². The minimum Gasteiger partial charge on any atom is -0.340 e. The lowest BCUT2D eigenvalue weighted by Crippen LogP contribution is -2.26. The summed E-state index contributed by atoms with van der Waals surface area (Å²) in [5.41, 5.74) is 6.33. The van der Waals surface area contributed by atoms with E-state index >= 15 is 0 Å². The van der Waals surface area contributed by atoms with E-state index in [0.29, 0.717) is 16.1 Å². The van der Waals surface area contributed by atoms with Crippen molar-refractivity contribution in [2.24, 2.45) is 0 Å². The van der Waals surface area contributed by atoms with Gasteiger partial charge in [0.1, 0.15) is 0 Å². The molecule has 0 fully saturated rings. The SMILES string of the molecule is Cc1c(CNC(C)CCc2ccccc2)c2ccccc2n1Cc1ccc(Cl)cc1Cl. The highest BCUT2D eigenvalue weighted by Crippen LogP contribution is 2.29. The van der Waals surface area contributed by atoms with Gasteiger partial charge < -0.3 is 9.88 Å². The molecule has 160 valence electrons. The average molecular weight is 451 g/mol. The maximum absolute atomic E-state index is 6.47. The standard InChI is InChI=1S/C27H28Cl2N2/c1-19(12-13-21-8-4-3-5-9-21)30-17-25-20(2)31(27-11-7-6-10-24(25)27)18-22-14-15-23(28)16-26(22)29/h3-11,14-16,19,30H,12-13,17-18H2,1-2H3. The minimum absolute atomic E-state index is 0.437. The molecule has 0 radical (unpaired) electrons. The Morgan fingerprint density at radius 2 is 1.68 bits per heavy atom. The van der Waals surface area contributed by atoms with Crippen LogP contribution in [0.3, 0.4) is 0 Å². The van der Waals surface area contributed by atoms with E-state index in [1.165, 1.54) is 27.7 Å². The number of benzene rings is 3. The molecular formula is C27H28Cl2N2. The summed E-state index contributed by atoms with van der Waals surface area (Å²) in [5.74, 6) is 0. The normalized spacial score (nSPS) is 12.4. The summed E-state index contributed by atoms with van der Waals surface area (Å²) in [6, 6.07) is 25.5. The number of aromatic nitrogens is 1. The molecule has 0 aliphatic carbocycles. The third kappa shape index (κ3) is 5.15. The second-order valence-corrected chi connectivity index (χ2v) is 9.05. The summed E-state index contributed by atoms with van der Waals surface area (Å²) in [6.07, 6.45) is 2.20. The van der Waals surface area contributed by atoms with Crippen molar-refractivity contribution in [2.45, 2.75) is 45.8 Å². The zero-order chi connectivity index (χ0) is 21.8. The zero-order valence-electron chi connectivity index (χ0n) is 18.0. The maximum atomic E-state index is 6.47. The summed E-state index contributed by atoms with van der Waals surface area (Å²) < 4.78 is 2.36. The quantitative estimate of drug-likeness (QED) is 0.295. The van der Waals surface area contributed by atoms with Crippen molar-refractivity contribution < 1.29 is 0 Å². The van der Waals surface area contributed by atoms with Gasteiger partial charge in [0.25, 0.3) is 0 Å². The van der Waals surface area contributed by atoms with E-state index in [4.69, 9.17) is 23.2 Å². The molecule has 31 heavy (non-hydrogen) atoms. The first-order valence-electron chi connectivity index (χ1n) is 10.8. The van der Waals surface area contributed by atoms with Gasteiger partial charge in [0.05, 0.1) is 0 Å². The van der Waals surface area contributed by atoms with Crippen LogP contribution in [0.1, 0.15) is 35.7 Å². The van der Waals surface area contributed by atoms with Crippen molar-refractivity contribution in [1.82, 2.24) is 9.88 Å². The molecule has 4 rings (SSSR count). The van der Waals surface area contributed by atoms with Crippen molar-refractivity contribution in [3.63, 3.8) is 0 Å². The number of hydrogen-bond donors (Lipinski definition) is 1. The molecule has 4 aromatic rings. The van der Waals surface area contributed by atoms with Gasteiger partial charge in [-0.3, -0.25) is 0 Å². The third-order valence-corrected chi connectivity index (χ3v) is 6.63. The molecule has 0 amide bonds. The Morgan fingerprint density at radius 1 is 0.935 bits per heavy atom. The van der Waals surface area contributed by atoms with Gasteiger partial charge in [0, 0.05) is 45.8 Å². The van der Waals surface area contributed by atoms with Gasteiger partial charge in [0.2, 0.25) is 0 Å². The van der Waals surface area contributed by atoms with Crippen LogP contribution in [0, 0.1) is 6.92 Å². The highest BCUT2D eigenvalue weighted by atomic mass is 35.5. The highest BCUT2D eigenvalue weighted by molar-refractivity contribution is 6.35. The number of nitrogens with one attached hydrogen (secondary N) is 1. The predicted molar refractivity (Wildman–Crippen MR) is 133 cm³/mol. The Balaban J connectivity index is 1.52. The number of rotatable bonds is 8. The fourth-order valence-electron chi connectivity index (χ4n) is 4.16. The smallest absolute Gasteiger partial charge is 0.0493 e. The van der Waals surface area contributed by atoms with Gasteiger partial charge in [0.15, 0.2) is 0 Å². The fourth-order valence-corrected chi connectivity index (χ4v) is 4.62. The minimum atomic E-state index is 0.437. The van der Waals surface area contributed by atoms with Crippen molar-refractivity contribution in [3.05, 3.63) is 105 Å². The summed E-state index contributed by atoms with van der Waals surface area (Å²) in [5, 5.41) is 6.41. The Bertz CT molecular complexity index is 1160. The van der Waals surface area contributed by atoms with Crippen molar-refractivity contribution in [1.29, 1.82) is 0 Å². The molecule has 3 aromatic carbocycles. The molecule has 0 saturated heterocycles. The molecular weight excluding hydrogens is 423 g/mol. The highest BCUT2D eigenvalue weighted by Gasteiger charge is 2.15. The Morgan fingerprint density at radius 3 is 2.45 bits per heavy atom. The molecule has 1 N–H and O–H groups in total. The number of fused-ring (bicyclic) bond motifs is 1. The lowest BCUT2D eigenvalue weighted by atomic mass is 10.1. The summed E-state index contributed by atoms with van der Waals surface area (Å²) in [7, 11) is 0. The van der Waals surface area contributed by atoms with Crippen molar-refractivity contribution in [3.8, 4) is 0 Å². The van der Waals surface area contributed by atoms with Crippen LogP contribution in [0.5, 0.6) is 0 Å². The van der Waals surface area contributed by atoms with E-state index in [0.717, 1.165) is 31.5 Å². The molecule has 0 saturated carbocycles. The average Bonchev–Trinajstić information content (AvgIpc) is 3.04. The molecule has 0 aliphatic heterocycles. The van der Waals surface area contributed by atoms with Gasteiger partial charge in [-0.25, -0.2) is 0 Å². The largest absolute Gasteiger partial charge is 0.340 e. The van der Waals surface area contributed by atoms with E-state index < -0.39 is 0 Å². The lowest BCUT2D eigenvalue weighted by molar-refractivity contribution is 0.513.